The van der Waals surface area contributed by atoms with E-state index in [1.54, 1.807) is 30.2 Å². The lowest BCUT2D eigenvalue weighted by Crippen LogP contribution is -2.53. The monoisotopic (exact) mass is 292 g/mol. The smallest absolute Gasteiger partial charge is 0.320 e. The maximum absolute atomic E-state index is 12.4. The van der Waals surface area contributed by atoms with Gasteiger partial charge in [0.1, 0.15) is 6.04 Å². The summed E-state index contributed by atoms with van der Waals surface area (Å²) in [6.07, 6.45) is 1.58. The molecule has 1 fully saturated rings. The third kappa shape index (κ3) is 3.56. The lowest BCUT2D eigenvalue weighted by Gasteiger charge is -2.36. The van der Waals surface area contributed by atoms with Crippen LogP contribution < -0.4 is 5.73 Å². The molecule has 1 amide bonds. The second kappa shape index (κ2) is 6.64. The SMILES string of the molecule is CC(C(=O)O)N1CCN(C(=O)c2ccnc(CN)c2)CC1. The fraction of sp³-hybridized carbons (Fsp3) is 0.500. The van der Waals surface area contributed by atoms with Gasteiger partial charge in [0.25, 0.3) is 5.91 Å². The number of nitrogens with two attached hydrogens (primary N) is 1. The molecule has 7 nitrogen and oxygen atoms in total. The number of amides is 1. The summed E-state index contributed by atoms with van der Waals surface area (Å²) in [6, 6.07) is 2.86. The molecule has 1 unspecified atom stereocenters. The summed E-state index contributed by atoms with van der Waals surface area (Å²) in [4.78, 5) is 31.0. The zero-order valence-electron chi connectivity index (χ0n) is 12.0. The molecule has 1 aromatic heterocycles. The molecule has 1 aliphatic heterocycles. The summed E-state index contributed by atoms with van der Waals surface area (Å²) in [5, 5.41) is 9.00. The number of hydrogen-bond acceptors (Lipinski definition) is 5. The number of piperazine rings is 1. The molecule has 7 heteroatoms. The second-order valence-electron chi connectivity index (χ2n) is 5.08. The fourth-order valence-corrected chi connectivity index (χ4v) is 2.37. The van der Waals surface area contributed by atoms with E-state index in [1.165, 1.54) is 0 Å². The molecule has 2 heterocycles. The largest absolute Gasteiger partial charge is 0.480 e. The first-order chi connectivity index (χ1) is 10.0. The lowest BCUT2D eigenvalue weighted by molar-refractivity contribution is -0.143. The average molecular weight is 292 g/mol. The number of rotatable bonds is 4. The van der Waals surface area contributed by atoms with Crippen LogP contribution in [0, 0.1) is 0 Å². The molecule has 0 spiro atoms. The minimum absolute atomic E-state index is 0.0604. The highest BCUT2D eigenvalue weighted by molar-refractivity contribution is 5.94. The van der Waals surface area contributed by atoms with Gasteiger partial charge in [-0.15, -0.1) is 0 Å². The quantitative estimate of drug-likeness (QED) is 0.795. The van der Waals surface area contributed by atoms with Gasteiger partial charge < -0.3 is 15.7 Å². The molecular formula is C14H20N4O3. The first kappa shape index (κ1) is 15.4. The van der Waals surface area contributed by atoms with Gasteiger partial charge in [-0.25, -0.2) is 0 Å². The van der Waals surface area contributed by atoms with Crippen LogP contribution in [0.15, 0.2) is 18.3 Å². The molecule has 21 heavy (non-hydrogen) atoms. The molecule has 0 bridgehead atoms. The van der Waals surface area contributed by atoms with Crippen molar-refractivity contribution in [2.75, 3.05) is 26.2 Å². The van der Waals surface area contributed by atoms with Crippen LogP contribution in [0.25, 0.3) is 0 Å². The molecule has 0 radical (unpaired) electrons. The predicted octanol–water partition coefficient (Wildman–Crippen LogP) is -0.229. The third-order valence-electron chi connectivity index (χ3n) is 3.78. The van der Waals surface area contributed by atoms with Crippen LogP contribution in [0.3, 0.4) is 0 Å². The number of carboxylic acid groups (broad SMARTS) is 1. The van der Waals surface area contributed by atoms with E-state index in [1.807, 2.05) is 4.90 Å². The van der Waals surface area contributed by atoms with Crippen LogP contribution in [-0.2, 0) is 11.3 Å². The summed E-state index contributed by atoms with van der Waals surface area (Å²) >= 11 is 0. The lowest BCUT2D eigenvalue weighted by atomic mass is 10.1. The van der Waals surface area contributed by atoms with Crippen molar-refractivity contribution in [3.05, 3.63) is 29.6 Å². The first-order valence-electron chi connectivity index (χ1n) is 6.94. The number of aromatic nitrogens is 1. The van der Waals surface area contributed by atoms with Gasteiger partial charge in [0.15, 0.2) is 0 Å². The van der Waals surface area contributed by atoms with Crippen LogP contribution >= 0.6 is 0 Å². The van der Waals surface area contributed by atoms with E-state index in [0.29, 0.717) is 44.0 Å². The van der Waals surface area contributed by atoms with Crippen LogP contribution in [0.5, 0.6) is 0 Å². The second-order valence-corrected chi connectivity index (χ2v) is 5.08. The Hall–Kier alpha value is -1.99. The zero-order valence-corrected chi connectivity index (χ0v) is 12.0. The molecule has 2 rings (SSSR count). The van der Waals surface area contributed by atoms with E-state index < -0.39 is 12.0 Å². The molecule has 3 N–H and O–H groups in total. The predicted molar refractivity (Wildman–Crippen MR) is 76.7 cm³/mol. The number of carboxylic acids is 1. The Morgan fingerprint density at radius 2 is 2.05 bits per heavy atom. The average Bonchev–Trinajstić information content (AvgIpc) is 2.53. The molecule has 1 saturated heterocycles. The molecule has 0 aliphatic carbocycles. The number of carbonyl (C=O) groups is 2. The minimum Gasteiger partial charge on any atom is -0.480 e. The van der Waals surface area contributed by atoms with Crippen molar-refractivity contribution in [1.82, 2.24) is 14.8 Å². The zero-order chi connectivity index (χ0) is 15.4. The van der Waals surface area contributed by atoms with Crippen molar-refractivity contribution in [1.29, 1.82) is 0 Å². The van der Waals surface area contributed by atoms with Gasteiger partial charge >= 0.3 is 5.97 Å². The standard InChI is InChI=1S/C14H20N4O3/c1-10(14(20)21)17-4-6-18(7-5-17)13(19)11-2-3-16-12(8-11)9-15/h2-3,8,10H,4-7,9,15H2,1H3,(H,20,21). The summed E-state index contributed by atoms with van der Waals surface area (Å²) in [5.74, 6) is -0.897. The minimum atomic E-state index is -0.837. The van der Waals surface area contributed by atoms with Gasteiger partial charge in [-0.05, 0) is 19.1 Å². The third-order valence-corrected chi connectivity index (χ3v) is 3.78. The molecule has 0 aromatic carbocycles. The first-order valence-corrected chi connectivity index (χ1v) is 6.94. The molecular weight excluding hydrogens is 272 g/mol. The van der Waals surface area contributed by atoms with Crippen LogP contribution in [-0.4, -0.2) is 64.0 Å². The van der Waals surface area contributed by atoms with Gasteiger partial charge in [-0.2, -0.15) is 0 Å². The highest BCUT2D eigenvalue weighted by Crippen LogP contribution is 2.11. The maximum atomic E-state index is 12.4. The van der Waals surface area contributed by atoms with Crippen LogP contribution in [0.2, 0.25) is 0 Å². The molecule has 114 valence electrons. The molecule has 1 atom stereocenters. The number of aliphatic carboxylic acids is 1. The number of carbonyl (C=O) groups excluding carboxylic acids is 1. The van der Waals surface area contributed by atoms with E-state index in [0.717, 1.165) is 0 Å². The van der Waals surface area contributed by atoms with Crippen molar-refractivity contribution in [2.45, 2.75) is 19.5 Å². The topological polar surface area (TPSA) is 99.8 Å². The fourth-order valence-electron chi connectivity index (χ4n) is 2.37. The van der Waals surface area contributed by atoms with Crippen molar-refractivity contribution in [3.63, 3.8) is 0 Å². The van der Waals surface area contributed by atoms with Gasteiger partial charge in [0.2, 0.25) is 0 Å². The van der Waals surface area contributed by atoms with E-state index in [2.05, 4.69) is 4.98 Å². The Balaban J connectivity index is 1.98. The normalized spacial score (nSPS) is 17.5. The highest BCUT2D eigenvalue weighted by Gasteiger charge is 2.27. The van der Waals surface area contributed by atoms with E-state index in [4.69, 9.17) is 10.8 Å². The molecule has 0 saturated carbocycles. The number of pyridine rings is 1. The van der Waals surface area contributed by atoms with Gasteiger partial charge in [0, 0.05) is 44.5 Å². The van der Waals surface area contributed by atoms with Gasteiger partial charge in [-0.3, -0.25) is 19.5 Å². The van der Waals surface area contributed by atoms with E-state index in [-0.39, 0.29) is 5.91 Å². The van der Waals surface area contributed by atoms with Gasteiger partial charge in [-0.1, -0.05) is 0 Å². The molecule has 1 aliphatic rings. The van der Waals surface area contributed by atoms with Crippen LogP contribution in [0.4, 0.5) is 0 Å². The number of nitrogens with zero attached hydrogens (tertiary/aromatic N) is 3. The Morgan fingerprint density at radius 3 is 2.62 bits per heavy atom. The summed E-state index contributed by atoms with van der Waals surface area (Å²) < 4.78 is 0. The summed E-state index contributed by atoms with van der Waals surface area (Å²) in [7, 11) is 0. The highest BCUT2D eigenvalue weighted by atomic mass is 16.4. The van der Waals surface area contributed by atoms with Crippen molar-refractivity contribution >= 4 is 11.9 Å². The van der Waals surface area contributed by atoms with Crippen molar-refractivity contribution in [2.24, 2.45) is 5.73 Å². The van der Waals surface area contributed by atoms with Gasteiger partial charge in [0.05, 0.1) is 5.69 Å². The van der Waals surface area contributed by atoms with Crippen molar-refractivity contribution < 1.29 is 14.7 Å². The number of hydrogen-bond donors (Lipinski definition) is 2. The van der Waals surface area contributed by atoms with Crippen LogP contribution in [0.1, 0.15) is 23.0 Å². The van der Waals surface area contributed by atoms with Crippen molar-refractivity contribution in [3.8, 4) is 0 Å². The maximum Gasteiger partial charge on any atom is 0.320 e. The molecule has 1 aromatic rings. The van der Waals surface area contributed by atoms with E-state index >= 15 is 0 Å². The Kier molecular flexibility index (Phi) is 4.87. The van der Waals surface area contributed by atoms with E-state index in [9.17, 15) is 9.59 Å². The Bertz CT molecular complexity index is 527. The summed E-state index contributed by atoms with van der Waals surface area (Å²) in [5.41, 5.74) is 6.78. The summed E-state index contributed by atoms with van der Waals surface area (Å²) in [6.45, 7) is 4.14. The Labute approximate surface area is 123 Å². The Morgan fingerprint density at radius 1 is 1.38 bits per heavy atom.